The molecule has 1 aliphatic rings. The van der Waals surface area contributed by atoms with Crippen LogP contribution >= 0.6 is 7.82 Å². The van der Waals surface area contributed by atoms with Gasteiger partial charge in [-0.05, 0) is 0 Å². The highest BCUT2D eigenvalue weighted by Crippen LogP contribution is 2.39. The number of nitrogens with two attached hydrogens (primary N) is 1. The van der Waals surface area contributed by atoms with E-state index in [0.717, 1.165) is 0 Å². The van der Waals surface area contributed by atoms with Gasteiger partial charge in [0, 0.05) is 14.1 Å². The van der Waals surface area contributed by atoms with E-state index in [1.54, 1.807) is 19.0 Å². The van der Waals surface area contributed by atoms with E-state index in [1.807, 2.05) is 0 Å². The number of phosphoric ester groups is 1. The summed E-state index contributed by atoms with van der Waals surface area (Å²) in [5, 5.41) is 9.96. The van der Waals surface area contributed by atoms with Crippen LogP contribution in [0.25, 0.3) is 11.2 Å². The van der Waals surface area contributed by atoms with Crippen molar-refractivity contribution in [2.24, 2.45) is 0 Å². The van der Waals surface area contributed by atoms with E-state index >= 15 is 0 Å². The van der Waals surface area contributed by atoms with Crippen molar-refractivity contribution in [2.75, 3.05) is 31.3 Å². The van der Waals surface area contributed by atoms with Crippen LogP contribution in [0.5, 0.6) is 0 Å². The van der Waals surface area contributed by atoms with E-state index in [2.05, 4.69) is 19.5 Å². The standard InChI is InChI=1S/C12H18FN6O6P/c1-18(2)9-7-10(17-12(14)16-9)19(4-15-7)11-6(13)8(20)5(25-11)3-24-26(21,22)23/h4-6,8,11,20H,3H2,1-2H3,(H2,14,16,17)(H2,21,22,23)/t5-,6+,8-,11-/m1/s1. The van der Waals surface area contributed by atoms with E-state index in [9.17, 15) is 14.1 Å². The number of imidazole rings is 1. The predicted octanol–water partition coefficient (Wildman–Crippen LogP) is -0.820. The molecule has 26 heavy (non-hydrogen) atoms. The SMILES string of the molecule is CN(C)c1nc(N)nc2c1ncn2[C@@H]1O[C@H](COP(=O)(O)O)[C@@H](O)[C@@H]1F. The fourth-order valence-electron chi connectivity index (χ4n) is 2.65. The molecule has 0 aromatic carbocycles. The van der Waals surface area contributed by atoms with Crippen molar-refractivity contribution in [3.63, 3.8) is 0 Å². The van der Waals surface area contributed by atoms with Crippen molar-refractivity contribution in [1.82, 2.24) is 19.5 Å². The number of phosphoric acid groups is 1. The zero-order valence-corrected chi connectivity index (χ0v) is 14.7. The monoisotopic (exact) mass is 392 g/mol. The molecule has 0 amide bonds. The third-order valence-corrected chi connectivity index (χ3v) is 4.30. The number of aromatic nitrogens is 4. The van der Waals surface area contributed by atoms with Gasteiger partial charge in [-0.25, -0.2) is 13.9 Å². The van der Waals surface area contributed by atoms with Gasteiger partial charge < -0.3 is 30.3 Å². The molecule has 1 saturated heterocycles. The first-order valence-electron chi connectivity index (χ1n) is 7.43. The molecule has 1 fully saturated rings. The highest BCUT2D eigenvalue weighted by Gasteiger charge is 2.46. The molecular weight excluding hydrogens is 374 g/mol. The zero-order chi connectivity index (χ0) is 19.2. The second-order valence-corrected chi connectivity index (χ2v) is 7.15. The Morgan fingerprint density at radius 2 is 2.15 bits per heavy atom. The smallest absolute Gasteiger partial charge is 0.387 e. The second-order valence-electron chi connectivity index (χ2n) is 5.91. The van der Waals surface area contributed by atoms with Gasteiger partial charge in [-0.15, -0.1) is 0 Å². The molecule has 0 aliphatic carbocycles. The molecule has 0 spiro atoms. The third-order valence-electron chi connectivity index (χ3n) is 3.82. The van der Waals surface area contributed by atoms with Gasteiger partial charge in [0.05, 0.1) is 12.9 Å². The number of nitrogens with zero attached hydrogens (tertiary/aromatic N) is 5. The van der Waals surface area contributed by atoms with Crippen LogP contribution in [0.1, 0.15) is 6.23 Å². The first-order chi connectivity index (χ1) is 12.1. The Hall–Kier alpha value is -1.89. The first kappa shape index (κ1) is 18.9. The Kier molecular flexibility index (Phi) is 4.86. The summed E-state index contributed by atoms with van der Waals surface area (Å²) in [5.41, 5.74) is 6.24. The molecule has 0 radical (unpaired) electrons. The van der Waals surface area contributed by atoms with Gasteiger partial charge in [-0.3, -0.25) is 9.09 Å². The molecule has 12 nitrogen and oxygen atoms in total. The van der Waals surface area contributed by atoms with Gasteiger partial charge in [0.1, 0.15) is 12.2 Å². The summed E-state index contributed by atoms with van der Waals surface area (Å²) in [6.45, 7) is -0.685. The van der Waals surface area contributed by atoms with Gasteiger partial charge in [-0.2, -0.15) is 9.97 Å². The lowest BCUT2D eigenvalue weighted by Gasteiger charge is -2.16. The van der Waals surface area contributed by atoms with Gasteiger partial charge >= 0.3 is 7.82 Å². The fourth-order valence-corrected chi connectivity index (χ4v) is 2.99. The summed E-state index contributed by atoms with van der Waals surface area (Å²) in [4.78, 5) is 31.4. The molecule has 0 saturated carbocycles. The highest BCUT2D eigenvalue weighted by atomic mass is 31.2. The molecule has 0 unspecified atom stereocenters. The number of halogens is 1. The molecule has 3 rings (SSSR count). The van der Waals surface area contributed by atoms with Crippen molar-refractivity contribution in [3.8, 4) is 0 Å². The van der Waals surface area contributed by atoms with Crippen molar-refractivity contribution in [3.05, 3.63) is 6.33 Å². The number of aliphatic hydroxyl groups excluding tert-OH is 1. The molecule has 3 heterocycles. The predicted molar refractivity (Wildman–Crippen MR) is 86.9 cm³/mol. The Balaban J connectivity index is 1.93. The number of rotatable bonds is 5. The van der Waals surface area contributed by atoms with E-state index in [0.29, 0.717) is 11.3 Å². The van der Waals surface area contributed by atoms with E-state index in [1.165, 1.54) is 10.9 Å². The summed E-state index contributed by atoms with van der Waals surface area (Å²) in [6.07, 6.45) is -4.91. The molecular formula is C12H18FN6O6P. The Morgan fingerprint density at radius 3 is 2.77 bits per heavy atom. The lowest BCUT2D eigenvalue weighted by Crippen LogP contribution is -2.31. The van der Waals surface area contributed by atoms with E-state index in [-0.39, 0.29) is 11.6 Å². The van der Waals surface area contributed by atoms with E-state index in [4.69, 9.17) is 20.3 Å². The maximum atomic E-state index is 14.5. The Bertz CT molecular complexity index is 858. The topological polar surface area (TPSA) is 169 Å². The first-order valence-corrected chi connectivity index (χ1v) is 8.96. The number of ether oxygens (including phenoxy) is 1. The number of hydrogen-bond donors (Lipinski definition) is 4. The molecule has 4 atom stereocenters. The van der Waals surface area contributed by atoms with E-state index < -0.39 is 39.0 Å². The normalized spacial score (nSPS) is 26.5. The van der Waals surface area contributed by atoms with Crippen LogP contribution in [0.4, 0.5) is 16.2 Å². The number of alkyl halides is 1. The quantitative estimate of drug-likeness (QED) is 0.469. The van der Waals surface area contributed by atoms with Crippen LogP contribution in [0.2, 0.25) is 0 Å². The highest BCUT2D eigenvalue weighted by molar-refractivity contribution is 7.46. The van der Waals surface area contributed by atoms with Crippen molar-refractivity contribution in [1.29, 1.82) is 0 Å². The van der Waals surface area contributed by atoms with Crippen molar-refractivity contribution in [2.45, 2.75) is 24.6 Å². The largest absolute Gasteiger partial charge is 0.469 e. The minimum Gasteiger partial charge on any atom is -0.387 e. The molecule has 0 bridgehead atoms. The molecule has 1 aliphatic heterocycles. The lowest BCUT2D eigenvalue weighted by molar-refractivity contribution is -0.0451. The fraction of sp³-hybridized carbons (Fsp3) is 0.583. The maximum absolute atomic E-state index is 14.5. The van der Waals surface area contributed by atoms with Crippen LogP contribution in [-0.4, -0.2) is 73.5 Å². The molecule has 2 aromatic rings. The van der Waals surface area contributed by atoms with Crippen LogP contribution in [-0.2, 0) is 13.8 Å². The Morgan fingerprint density at radius 1 is 1.46 bits per heavy atom. The zero-order valence-electron chi connectivity index (χ0n) is 13.8. The van der Waals surface area contributed by atoms with Gasteiger partial charge in [0.15, 0.2) is 29.4 Å². The van der Waals surface area contributed by atoms with Crippen molar-refractivity contribution < 1.29 is 33.1 Å². The van der Waals surface area contributed by atoms with Gasteiger partial charge in [0.25, 0.3) is 0 Å². The number of fused-ring (bicyclic) bond motifs is 1. The third kappa shape index (κ3) is 3.49. The van der Waals surface area contributed by atoms with Crippen LogP contribution < -0.4 is 10.6 Å². The van der Waals surface area contributed by atoms with Gasteiger partial charge in [-0.1, -0.05) is 0 Å². The molecule has 2 aromatic heterocycles. The van der Waals surface area contributed by atoms with Crippen LogP contribution in [0.15, 0.2) is 6.33 Å². The Labute approximate surface area is 146 Å². The van der Waals surface area contributed by atoms with Crippen LogP contribution in [0.3, 0.4) is 0 Å². The minimum atomic E-state index is -4.78. The molecule has 14 heteroatoms. The van der Waals surface area contributed by atoms with Gasteiger partial charge in [0.2, 0.25) is 5.95 Å². The summed E-state index contributed by atoms with van der Waals surface area (Å²) in [6, 6.07) is 0. The maximum Gasteiger partial charge on any atom is 0.469 e. The number of aliphatic hydroxyl groups is 1. The average molecular weight is 392 g/mol. The number of hydrogen-bond acceptors (Lipinski definition) is 9. The minimum absolute atomic E-state index is 0.0571. The summed E-state index contributed by atoms with van der Waals surface area (Å²) in [7, 11) is -1.33. The van der Waals surface area contributed by atoms with Crippen LogP contribution in [0, 0.1) is 0 Å². The molecule has 5 N–H and O–H groups in total. The summed E-state index contributed by atoms with van der Waals surface area (Å²) in [5.74, 6) is 0.361. The average Bonchev–Trinajstić information content (AvgIpc) is 3.06. The molecule has 144 valence electrons. The lowest BCUT2D eigenvalue weighted by atomic mass is 10.1. The second kappa shape index (κ2) is 6.68. The summed E-state index contributed by atoms with van der Waals surface area (Å²) >= 11 is 0. The number of anilines is 2. The summed E-state index contributed by atoms with van der Waals surface area (Å²) < 4.78 is 36.3. The number of nitrogen functional groups attached to an aromatic ring is 1. The van der Waals surface area contributed by atoms with Crippen molar-refractivity contribution >= 4 is 30.8 Å².